The Morgan fingerprint density at radius 1 is 1.27 bits per heavy atom. The minimum absolute atomic E-state index is 0.0835. The number of hydrogen-bond acceptors (Lipinski definition) is 4. The van der Waals surface area contributed by atoms with E-state index in [4.69, 9.17) is 0 Å². The fraction of sp³-hybridized carbons (Fsp3) is 0.556. The number of carbonyl (C=O) groups excluding carboxylic acids is 1. The number of hydrogen-bond donors (Lipinski definition) is 1. The average Bonchev–Trinajstić information content (AvgIpc) is 3.19. The molecule has 0 atom stereocenters. The highest BCUT2D eigenvalue weighted by atomic mass is 32.1. The van der Waals surface area contributed by atoms with Crippen molar-refractivity contribution in [2.75, 3.05) is 26.2 Å². The maximum Gasteiger partial charge on any atom is 0.433 e. The highest BCUT2D eigenvalue weighted by Gasteiger charge is 2.39. The van der Waals surface area contributed by atoms with Gasteiger partial charge in [0.25, 0.3) is 5.91 Å². The first-order valence-electron chi connectivity index (χ1n) is 8.76. The Bertz CT molecular complexity index is 845. The Hall–Kier alpha value is -1.67. The molecule has 2 aromatic heterocycles. The van der Waals surface area contributed by atoms with Gasteiger partial charge in [0.15, 0.2) is 0 Å². The molecule has 2 aliphatic rings. The Morgan fingerprint density at radius 3 is 2.62 bits per heavy atom. The molecule has 140 valence electrons. The number of rotatable bonds is 1. The first-order valence-corrected chi connectivity index (χ1v) is 9.58. The zero-order chi connectivity index (χ0) is 18.5. The van der Waals surface area contributed by atoms with Crippen molar-refractivity contribution in [1.82, 2.24) is 15.2 Å². The van der Waals surface area contributed by atoms with E-state index in [2.05, 4.69) is 10.3 Å². The van der Waals surface area contributed by atoms with Crippen molar-refractivity contribution >= 4 is 27.5 Å². The summed E-state index contributed by atoms with van der Waals surface area (Å²) in [6.45, 7) is 5.25. The number of alkyl halides is 3. The lowest BCUT2D eigenvalue weighted by molar-refractivity contribution is -0.140. The van der Waals surface area contributed by atoms with E-state index in [1.807, 2.05) is 4.90 Å². The monoisotopic (exact) mass is 383 g/mol. The molecule has 0 unspecified atom stereocenters. The van der Waals surface area contributed by atoms with E-state index in [-0.39, 0.29) is 10.7 Å². The van der Waals surface area contributed by atoms with Crippen LogP contribution in [0.5, 0.6) is 0 Å². The second-order valence-corrected chi connectivity index (χ2v) is 8.32. The van der Waals surface area contributed by atoms with Crippen LogP contribution in [-0.4, -0.2) is 42.0 Å². The number of aromatic nitrogens is 1. The van der Waals surface area contributed by atoms with Gasteiger partial charge in [-0.2, -0.15) is 13.2 Å². The van der Waals surface area contributed by atoms with Crippen LogP contribution in [0.25, 0.3) is 10.2 Å². The van der Waals surface area contributed by atoms with Gasteiger partial charge in [0.1, 0.15) is 10.5 Å². The van der Waals surface area contributed by atoms with Gasteiger partial charge in [0.2, 0.25) is 0 Å². The van der Waals surface area contributed by atoms with Gasteiger partial charge in [0.05, 0.1) is 4.88 Å². The molecule has 26 heavy (non-hydrogen) atoms. The van der Waals surface area contributed by atoms with Crippen LogP contribution in [-0.2, 0) is 6.18 Å². The van der Waals surface area contributed by atoms with E-state index < -0.39 is 11.9 Å². The van der Waals surface area contributed by atoms with Crippen molar-refractivity contribution in [3.63, 3.8) is 0 Å². The maximum absolute atomic E-state index is 12.9. The van der Waals surface area contributed by atoms with Crippen LogP contribution in [0.4, 0.5) is 13.2 Å². The molecule has 1 N–H and O–H groups in total. The summed E-state index contributed by atoms with van der Waals surface area (Å²) in [5.41, 5.74) is 0.118. The van der Waals surface area contributed by atoms with Gasteiger partial charge in [-0.3, -0.25) is 4.79 Å². The maximum atomic E-state index is 12.9. The second-order valence-electron chi connectivity index (χ2n) is 7.32. The SMILES string of the molecule is Cc1c(C(=O)N2CCC3(CCNC3)CC2)sc2nc(C(F)(F)F)ccc12. The summed E-state index contributed by atoms with van der Waals surface area (Å²) < 4.78 is 38.6. The minimum atomic E-state index is -4.48. The lowest BCUT2D eigenvalue weighted by Gasteiger charge is -2.38. The van der Waals surface area contributed by atoms with Gasteiger partial charge in [-0.05, 0) is 55.8 Å². The molecule has 1 amide bonds. The predicted octanol–water partition coefficient (Wildman–Crippen LogP) is 3.84. The number of nitrogens with one attached hydrogen (secondary N) is 1. The third kappa shape index (κ3) is 2.99. The summed E-state index contributed by atoms with van der Waals surface area (Å²) >= 11 is 1.07. The zero-order valence-corrected chi connectivity index (χ0v) is 15.3. The number of nitrogens with zero attached hydrogens (tertiary/aromatic N) is 2. The predicted molar refractivity (Wildman–Crippen MR) is 94.4 cm³/mol. The Kier molecular flexibility index (Phi) is 4.23. The molecular weight excluding hydrogens is 363 g/mol. The number of halogens is 3. The van der Waals surface area contributed by atoms with Gasteiger partial charge in [-0.15, -0.1) is 11.3 Å². The standard InChI is InChI=1S/C18H20F3N3OS/c1-11-12-2-3-13(18(19,20)21)23-15(12)26-14(11)16(25)24-8-5-17(6-9-24)4-7-22-10-17/h2-3,22H,4-10H2,1H3. The molecule has 1 spiro atoms. The highest BCUT2D eigenvalue weighted by Crippen LogP contribution is 2.39. The molecular formula is C18H20F3N3OS. The number of carbonyl (C=O) groups is 1. The van der Waals surface area contributed by atoms with Crippen molar-refractivity contribution in [2.45, 2.75) is 32.4 Å². The van der Waals surface area contributed by atoms with E-state index >= 15 is 0 Å². The number of likely N-dealkylation sites (tertiary alicyclic amines) is 1. The largest absolute Gasteiger partial charge is 0.433 e. The van der Waals surface area contributed by atoms with Gasteiger partial charge >= 0.3 is 6.18 Å². The number of piperidine rings is 1. The Labute approximate surface area is 153 Å². The zero-order valence-electron chi connectivity index (χ0n) is 14.4. The number of thiophene rings is 1. The van der Waals surface area contributed by atoms with Gasteiger partial charge in [0, 0.05) is 25.0 Å². The molecule has 0 aromatic carbocycles. The summed E-state index contributed by atoms with van der Waals surface area (Å²) in [5, 5.41) is 4.03. The molecule has 0 saturated carbocycles. The van der Waals surface area contributed by atoms with Crippen LogP contribution in [0.15, 0.2) is 12.1 Å². The van der Waals surface area contributed by atoms with E-state index in [1.165, 1.54) is 6.07 Å². The average molecular weight is 383 g/mol. The van der Waals surface area contributed by atoms with Gasteiger partial charge in [-0.25, -0.2) is 4.98 Å². The van der Waals surface area contributed by atoms with Crippen LogP contribution in [0, 0.1) is 12.3 Å². The highest BCUT2D eigenvalue weighted by molar-refractivity contribution is 7.20. The number of amides is 1. The summed E-state index contributed by atoms with van der Waals surface area (Å²) in [4.78, 5) is 19.3. The van der Waals surface area contributed by atoms with Crippen molar-refractivity contribution in [2.24, 2.45) is 5.41 Å². The minimum Gasteiger partial charge on any atom is -0.338 e. The molecule has 2 aliphatic heterocycles. The van der Waals surface area contributed by atoms with Crippen LogP contribution in [0.1, 0.15) is 40.2 Å². The summed E-state index contributed by atoms with van der Waals surface area (Å²) in [5.74, 6) is -0.0835. The van der Waals surface area contributed by atoms with Gasteiger partial charge < -0.3 is 10.2 Å². The summed E-state index contributed by atoms with van der Waals surface area (Å²) in [6, 6.07) is 2.40. The quantitative estimate of drug-likeness (QED) is 0.814. The normalized spacial score (nSPS) is 20.2. The fourth-order valence-corrected chi connectivity index (χ4v) is 5.16. The molecule has 4 rings (SSSR count). The summed E-state index contributed by atoms with van der Waals surface area (Å²) in [6.07, 6.45) is -1.37. The molecule has 4 heterocycles. The van der Waals surface area contributed by atoms with Crippen LogP contribution in [0.3, 0.4) is 0 Å². The summed E-state index contributed by atoms with van der Waals surface area (Å²) in [7, 11) is 0. The molecule has 0 aliphatic carbocycles. The van der Waals surface area contributed by atoms with E-state index in [0.717, 1.165) is 55.3 Å². The first kappa shape index (κ1) is 17.7. The molecule has 0 radical (unpaired) electrons. The van der Waals surface area contributed by atoms with Crippen LogP contribution >= 0.6 is 11.3 Å². The number of pyridine rings is 1. The fourth-order valence-electron chi connectivity index (χ4n) is 4.01. The van der Waals surface area contributed by atoms with E-state index in [1.54, 1.807) is 6.92 Å². The molecule has 0 bridgehead atoms. The van der Waals surface area contributed by atoms with Crippen LogP contribution < -0.4 is 5.32 Å². The van der Waals surface area contributed by atoms with Gasteiger partial charge in [-0.1, -0.05) is 0 Å². The molecule has 4 nitrogen and oxygen atoms in total. The topological polar surface area (TPSA) is 45.2 Å². The van der Waals surface area contributed by atoms with Crippen LogP contribution in [0.2, 0.25) is 0 Å². The molecule has 2 fully saturated rings. The lowest BCUT2D eigenvalue weighted by atomic mass is 9.78. The van der Waals surface area contributed by atoms with Crippen molar-refractivity contribution in [3.05, 3.63) is 28.3 Å². The van der Waals surface area contributed by atoms with Crippen molar-refractivity contribution in [3.8, 4) is 0 Å². The Morgan fingerprint density at radius 2 is 2.00 bits per heavy atom. The third-order valence-corrected chi connectivity index (χ3v) is 6.92. The van der Waals surface area contributed by atoms with E-state index in [0.29, 0.717) is 28.8 Å². The number of fused-ring (bicyclic) bond motifs is 1. The number of aryl methyl sites for hydroxylation is 1. The first-order chi connectivity index (χ1) is 12.3. The molecule has 2 saturated heterocycles. The van der Waals surface area contributed by atoms with Crippen molar-refractivity contribution in [1.29, 1.82) is 0 Å². The Balaban J connectivity index is 1.58. The second kappa shape index (κ2) is 6.20. The van der Waals surface area contributed by atoms with E-state index in [9.17, 15) is 18.0 Å². The molecule has 8 heteroatoms. The lowest BCUT2D eigenvalue weighted by Crippen LogP contribution is -2.43. The smallest absolute Gasteiger partial charge is 0.338 e. The van der Waals surface area contributed by atoms with Crippen molar-refractivity contribution < 1.29 is 18.0 Å². The molecule has 2 aromatic rings. The third-order valence-electron chi connectivity index (χ3n) is 5.73.